The molecule has 1 saturated heterocycles. The summed E-state index contributed by atoms with van der Waals surface area (Å²) in [4.78, 5) is 13.9. The van der Waals surface area contributed by atoms with Crippen LogP contribution in [0.25, 0.3) is 0 Å². The molecule has 1 unspecified atom stereocenters. The average molecular weight is 281 g/mol. The minimum atomic E-state index is -0.388. The van der Waals surface area contributed by atoms with Crippen molar-refractivity contribution >= 4 is 28.8 Å². The largest absolute Gasteiger partial charge is 0.389 e. The third-order valence-corrected chi connectivity index (χ3v) is 3.47. The van der Waals surface area contributed by atoms with E-state index in [9.17, 15) is 9.18 Å². The number of halogens is 1. The lowest BCUT2D eigenvalue weighted by Crippen LogP contribution is -2.55. The molecule has 0 spiro atoms. The molecule has 102 valence electrons. The SMILES string of the molecule is CCC1C(=O)NCCN1c1ccc(F)cc1C(N)=S. The number of rotatable bonds is 3. The van der Waals surface area contributed by atoms with Gasteiger partial charge in [-0.05, 0) is 24.6 Å². The second kappa shape index (κ2) is 5.52. The molecule has 0 bridgehead atoms. The van der Waals surface area contributed by atoms with E-state index in [4.69, 9.17) is 18.0 Å². The first-order valence-electron chi connectivity index (χ1n) is 6.18. The van der Waals surface area contributed by atoms with Gasteiger partial charge in [-0.3, -0.25) is 4.79 Å². The van der Waals surface area contributed by atoms with Gasteiger partial charge in [0.05, 0.1) is 0 Å². The van der Waals surface area contributed by atoms with Gasteiger partial charge in [0.25, 0.3) is 0 Å². The minimum absolute atomic E-state index is 0.0213. The van der Waals surface area contributed by atoms with Crippen LogP contribution in [0.3, 0.4) is 0 Å². The Labute approximate surface area is 116 Å². The maximum absolute atomic E-state index is 13.3. The van der Waals surface area contributed by atoms with Gasteiger partial charge in [0.2, 0.25) is 5.91 Å². The van der Waals surface area contributed by atoms with Crippen molar-refractivity contribution in [2.75, 3.05) is 18.0 Å². The lowest BCUT2D eigenvalue weighted by Gasteiger charge is -2.37. The highest BCUT2D eigenvalue weighted by molar-refractivity contribution is 7.80. The number of piperazine rings is 1. The van der Waals surface area contributed by atoms with E-state index in [0.29, 0.717) is 25.1 Å². The third-order valence-electron chi connectivity index (χ3n) is 3.25. The fourth-order valence-electron chi connectivity index (χ4n) is 2.36. The van der Waals surface area contributed by atoms with Gasteiger partial charge in [0, 0.05) is 24.3 Å². The first-order valence-corrected chi connectivity index (χ1v) is 6.59. The minimum Gasteiger partial charge on any atom is -0.389 e. The van der Waals surface area contributed by atoms with Gasteiger partial charge >= 0.3 is 0 Å². The van der Waals surface area contributed by atoms with Crippen molar-refractivity contribution in [3.63, 3.8) is 0 Å². The molecule has 1 aromatic carbocycles. The number of amides is 1. The van der Waals surface area contributed by atoms with Crippen molar-refractivity contribution in [3.8, 4) is 0 Å². The molecule has 6 heteroatoms. The fourth-order valence-corrected chi connectivity index (χ4v) is 2.53. The number of benzene rings is 1. The van der Waals surface area contributed by atoms with E-state index < -0.39 is 0 Å². The summed E-state index contributed by atoms with van der Waals surface area (Å²) >= 11 is 4.97. The van der Waals surface area contributed by atoms with Crippen LogP contribution < -0.4 is 16.0 Å². The Morgan fingerprint density at radius 1 is 1.63 bits per heavy atom. The Morgan fingerprint density at radius 3 is 3.00 bits per heavy atom. The number of carbonyl (C=O) groups is 1. The van der Waals surface area contributed by atoms with E-state index in [1.807, 2.05) is 11.8 Å². The van der Waals surface area contributed by atoms with Crippen molar-refractivity contribution < 1.29 is 9.18 Å². The third kappa shape index (κ3) is 2.68. The molecule has 4 nitrogen and oxygen atoms in total. The van der Waals surface area contributed by atoms with E-state index in [1.165, 1.54) is 12.1 Å². The Balaban J connectivity index is 2.45. The summed E-state index contributed by atoms with van der Waals surface area (Å²) in [5.74, 6) is -0.409. The molecule has 1 amide bonds. The van der Waals surface area contributed by atoms with Crippen molar-refractivity contribution in [1.29, 1.82) is 0 Å². The van der Waals surface area contributed by atoms with Crippen LogP contribution in [0.2, 0.25) is 0 Å². The van der Waals surface area contributed by atoms with Crippen molar-refractivity contribution in [2.24, 2.45) is 5.73 Å². The summed E-state index contributed by atoms with van der Waals surface area (Å²) in [6, 6.07) is 4.03. The smallest absolute Gasteiger partial charge is 0.242 e. The monoisotopic (exact) mass is 281 g/mol. The van der Waals surface area contributed by atoms with Crippen LogP contribution >= 0.6 is 12.2 Å². The summed E-state index contributed by atoms with van der Waals surface area (Å²) in [7, 11) is 0. The van der Waals surface area contributed by atoms with Crippen molar-refractivity contribution in [2.45, 2.75) is 19.4 Å². The maximum Gasteiger partial charge on any atom is 0.242 e. The highest BCUT2D eigenvalue weighted by atomic mass is 32.1. The lowest BCUT2D eigenvalue weighted by atomic mass is 10.1. The van der Waals surface area contributed by atoms with E-state index in [2.05, 4.69) is 5.32 Å². The summed E-state index contributed by atoms with van der Waals surface area (Å²) in [5.41, 5.74) is 6.84. The molecule has 0 saturated carbocycles. The van der Waals surface area contributed by atoms with Crippen LogP contribution in [-0.4, -0.2) is 30.0 Å². The maximum atomic E-state index is 13.3. The summed E-state index contributed by atoms with van der Waals surface area (Å²) in [5, 5.41) is 2.82. The normalized spacial score (nSPS) is 19.2. The summed E-state index contributed by atoms with van der Waals surface area (Å²) in [6.45, 7) is 3.15. The van der Waals surface area contributed by atoms with Crippen molar-refractivity contribution in [3.05, 3.63) is 29.6 Å². The second-order valence-electron chi connectivity index (χ2n) is 4.43. The molecule has 1 aliphatic rings. The lowest BCUT2D eigenvalue weighted by molar-refractivity contribution is -0.123. The zero-order valence-electron chi connectivity index (χ0n) is 10.6. The predicted octanol–water partition coefficient (Wildman–Crippen LogP) is 1.17. The van der Waals surface area contributed by atoms with Crippen LogP contribution in [0.4, 0.5) is 10.1 Å². The Hall–Kier alpha value is -1.69. The van der Waals surface area contributed by atoms with Gasteiger partial charge < -0.3 is 16.0 Å². The Morgan fingerprint density at radius 2 is 2.37 bits per heavy atom. The molecule has 1 aromatic rings. The summed E-state index contributed by atoms with van der Waals surface area (Å²) < 4.78 is 13.3. The molecular weight excluding hydrogens is 265 g/mol. The van der Waals surface area contributed by atoms with Crippen LogP contribution in [0, 0.1) is 5.82 Å². The van der Waals surface area contributed by atoms with Crippen LogP contribution in [0.15, 0.2) is 18.2 Å². The number of nitrogens with two attached hydrogens (primary N) is 1. The number of nitrogens with one attached hydrogen (secondary N) is 1. The van der Waals surface area contributed by atoms with Gasteiger partial charge in [-0.2, -0.15) is 0 Å². The molecule has 1 aliphatic heterocycles. The van der Waals surface area contributed by atoms with E-state index in [0.717, 1.165) is 5.69 Å². The second-order valence-corrected chi connectivity index (χ2v) is 4.87. The Bertz CT molecular complexity index is 521. The molecular formula is C13H16FN3OS. The number of anilines is 1. The highest BCUT2D eigenvalue weighted by Crippen LogP contribution is 2.26. The van der Waals surface area contributed by atoms with Crippen molar-refractivity contribution in [1.82, 2.24) is 5.32 Å². The molecule has 0 aliphatic carbocycles. The number of thiocarbonyl (C=S) groups is 1. The first kappa shape index (κ1) is 13.7. The molecule has 2 rings (SSSR count). The molecule has 0 radical (unpaired) electrons. The van der Waals surface area contributed by atoms with Gasteiger partial charge in [0.1, 0.15) is 16.8 Å². The molecule has 0 aromatic heterocycles. The zero-order chi connectivity index (χ0) is 14.0. The number of hydrogen-bond donors (Lipinski definition) is 2. The summed E-state index contributed by atoms with van der Waals surface area (Å²) in [6.07, 6.45) is 0.667. The zero-order valence-corrected chi connectivity index (χ0v) is 11.5. The van der Waals surface area contributed by atoms with Crippen LogP contribution in [-0.2, 0) is 4.79 Å². The van der Waals surface area contributed by atoms with Gasteiger partial charge in [0.15, 0.2) is 0 Å². The Kier molecular flexibility index (Phi) is 3.99. The van der Waals surface area contributed by atoms with Crippen LogP contribution in [0.1, 0.15) is 18.9 Å². The molecule has 1 heterocycles. The van der Waals surface area contributed by atoms with E-state index in [1.54, 1.807) is 6.07 Å². The van der Waals surface area contributed by atoms with Gasteiger partial charge in [-0.1, -0.05) is 19.1 Å². The topological polar surface area (TPSA) is 58.4 Å². The molecule has 19 heavy (non-hydrogen) atoms. The van der Waals surface area contributed by atoms with Gasteiger partial charge in [-0.15, -0.1) is 0 Å². The van der Waals surface area contributed by atoms with E-state index >= 15 is 0 Å². The first-order chi connectivity index (χ1) is 9.04. The number of hydrogen-bond acceptors (Lipinski definition) is 3. The standard InChI is InChI=1S/C13H16FN3OS/c1-2-10-13(18)16-5-6-17(10)11-4-3-8(14)7-9(11)12(15)19/h3-4,7,10H,2,5-6H2,1H3,(H2,15,19)(H,16,18). The average Bonchev–Trinajstić information content (AvgIpc) is 2.38. The quantitative estimate of drug-likeness (QED) is 0.817. The molecule has 1 fully saturated rings. The fraction of sp³-hybridized carbons (Fsp3) is 0.385. The van der Waals surface area contributed by atoms with Gasteiger partial charge in [-0.25, -0.2) is 4.39 Å². The van der Waals surface area contributed by atoms with E-state index in [-0.39, 0.29) is 22.8 Å². The highest BCUT2D eigenvalue weighted by Gasteiger charge is 2.29. The molecule has 1 atom stereocenters. The number of carbonyl (C=O) groups excluding carboxylic acids is 1. The predicted molar refractivity (Wildman–Crippen MR) is 76.7 cm³/mol. The number of nitrogens with zero attached hydrogens (tertiary/aromatic N) is 1. The molecule has 3 N–H and O–H groups in total. The van der Waals surface area contributed by atoms with Crippen LogP contribution in [0.5, 0.6) is 0 Å².